The zero-order chi connectivity index (χ0) is 15.0. The van der Waals surface area contributed by atoms with Crippen molar-refractivity contribution in [2.45, 2.75) is 44.5 Å². The van der Waals surface area contributed by atoms with Gasteiger partial charge in [-0.25, -0.2) is 13.1 Å². The van der Waals surface area contributed by atoms with Gasteiger partial charge < -0.3 is 4.84 Å². The van der Waals surface area contributed by atoms with Gasteiger partial charge in [0.2, 0.25) is 10.0 Å². The summed E-state index contributed by atoms with van der Waals surface area (Å²) in [5.74, 6) is 0. The van der Waals surface area contributed by atoms with E-state index in [0.29, 0.717) is 6.42 Å². The third-order valence-electron chi connectivity index (χ3n) is 4.05. The third-order valence-corrected chi connectivity index (χ3v) is 5.97. The molecule has 0 spiro atoms. The molecule has 114 valence electrons. The van der Waals surface area contributed by atoms with Crippen molar-refractivity contribution in [2.75, 3.05) is 6.54 Å². The van der Waals surface area contributed by atoms with E-state index in [4.69, 9.17) is 4.84 Å². The van der Waals surface area contributed by atoms with E-state index in [9.17, 15) is 8.42 Å². The molecule has 0 radical (unpaired) electrons. The smallest absolute Gasteiger partial charge is 0.214 e. The Balaban J connectivity index is 1.58. The number of hydrogen-bond donors (Lipinski definition) is 1. The monoisotopic (exact) mass is 308 g/mol. The Morgan fingerprint density at radius 1 is 1.29 bits per heavy atom. The summed E-state index contributed by atoms with van der Waals surface area (Å²) in [6.07, 6.45) is 1.96. The van der Waals surface area contributed by atoms with Crippen LogP contribution in [0.2, 0.25) is 0 Å². The van der Waals surface area contributed by atoms with E-state index in [1.165, 1.54) is 11.1 Å². The molecule has 1 aliphatic carbocycles. The topological polar surface area (TPSA) is 67.8 Å². The summed E-state index contributed by atoms with van der Waals surface area (Å²) in [5.41, 5.74) is 4.39. The Morgan fingerprint density at radius 2 is 2.05 bits per heavy atom. The van der Waals surface area contributed by atoms with Crippen LogP contribution in [0.5, 0.6) is 0 Å². The van der Waals surface area contributed by atoms with Crippen LogP contribution in [0.4, 0.5) is 0 Å². The number of nitrogens with zero attached hydrogens (tertiary/aromatic N) is 1. The lowest BCUT2D eigenvalue weighted by Crippen LogP contribution is -2.34. The van der Waals surface area contributed by atoms with Crippen LogP contribution >= 0.6 is 0 Å². The van der Waals surface area contributed by atoms with Crippen molar-refractivity contribution in [1.82, 2.24) is 4.72 Å². The second-order valence-electron chi connectivity index (χ2n) is 5.86. The van der Waals surface area contributed by atoms with Gasteiger partial charge in [0.1, 0.15) is 6.10 Å². The normalized spacial score (nSPS) is 22.0. The SMILES string of the molecule is Cc1ccc(C2=NOC(CNS(=O)(=O)C3CC3)C2)cc1C. The van der Waals surface area contributed by atoms with E-state index in [1.54, 1.807) is 0 Å². The summed E-state index contributed by atoms with van der Waals surface area (Å²) < 4.78 is 26.2. The lowest BCUT2D eigenvalue weighted by molar-refractivity contribution is 0.0891. The molecule has 1 aromatic rings. The van der Waals surface area contributed by atoms with Gasteiger partial charge in [0.15, 0.2) is 0 Å². The first-order chi connectivity index (χ1) is 9.95. The van der Waals surface area contributed by atoms with Crippen LogP contribution in [0.1, 0.15) is 36.0 Å². The van der Waals surface area contributed by atoms with Gasteiger partial charge in [-0.05, 0) is 49.4 Å². The number of sulfonamides is 1. The number of oxime groups is 1. The number of benzene rings is 1. The summed E-state index contributed by atoms with van der Waals surface area (Å²) in [6.45, 7) is 4.43. The summed E-state index contributed by atoms with van der Waals surface area (Å²) in [6, 6.07) is 6.19. The van der Waals surface area contributed by atoms with Gasteiger partial charge in [-0.15, -0.1) is 0 Å². The maximum Gasteiger partial charge on any atom is 0.214 e. The fraction of sp³-hybridized carbons (Fsp3) is 0.533. The minimum atomic E-state index is -3.15. The van der Waals surface area contributed by atoms with Gasteiger partial charge in [0.05, 0.1) is 17.5 Å². The highest BCUT2D eigenvalue weighted by molar-refractivity contribution is 7.90. The zero-order valence-electron chi connectivity index (χ0n) is 12.3. The predicted octanol–water partition coefficient (Wildman–Crippen LogP) is 1.88. The van der Waals surface area contributed by atoms with Crippen LogP contribution < -0.4 is 4.72 Å². The molecule has 1 fully saturated rings. The van der Waals surface area contributed by atoms with Crippen LogP contribution in [0, 0.1) is 13.8 Å². The van der Waals surface area contributed by atoms with Gasteiger partial charge in [0, 0.05) is 6.42 Å². The minimum Gasteiger partial charge on any atom is -0.390 e. The fourth-order valence-corrected chi connectivity index (χ4v) is 3.75. The molecule has 1 unspecified atom stereocenters. The van der Waals surface area contributed by atoms with E-state index in [-0.39, 0.29) is 17.9 Å². The lowest BCUT2D eigenvalue weighted by atomic mass is 10.0. The molecule has 5 nitrogen and oxygen atoms in total. The molecule has 1 heterocycles. The van der Waals surface area contributed by atoms with Crippen LogP contribution in [-0.2, 0) is 14.9 Å². The fourth-order valence-electron chi connectivity index (χ4n) is 2.33. The average Bonchev–Trinajstić information content (AvgIpc) is 3.20. The molecule has 0 aromatic heterocycles. The summed E-state index contributed by atoms with van der Waals surface area (Å²) in [4.78, 5) is 5.35. The highest BCUT2D eigenvalue weighted by Crippen LogP contribution is 2.27. The molecule has 1 atom stereocenters. The molecule has 1 aromatic carbocycles. The van der Waals surface area contributed by atoms with Crippen molar-refractivity contribution in [3.05, 3.63) is 34.9 Å². The molecule has 0 saturated heterocycles. The minimum absolute atomic E-state index is 0.195. The molecule has 1 saturated carbocycles. The van der Waals surface area contributed by atoms with Crippen molar-refractivity contribution in [3.63, 3.8) is 0 Å². The maximum absolute atomic E-state index is 11.8. The largest absolute Gasteiger partial charge is 0.390 e. The molecule has 2 aliphatic rings. The van der Waals surface area contributed by atoms with Gasteiger partial charge in [-0.1, -0.05) is 17.3 Å². The van der Waals surface area contributed by atoms with Gasteiger partial charge in [-0.3, -0.25) is 0 Å². The van der Waals surface area contributed by atoms with Crippen LogP contribution in [-0.4, -0.2) is 32.0 Å². The molecular formula is C15H20N2O3S. The first kappa shape index (κ1) is 14.5. The van der Waals surface area contributed by atoms with Crippen molar-refractivity contribution in [2.24, 2.45) is 5.16 Å². The number of hydrogen-bond acceptors (Lipinski definition) is 4. The molecule has 21 heavy (non-hydrogen) atoms. The van der Waals surface area contributed by atoms with E-state index >= 15 is 0 Å². The number of nitrogens with one attached hydrogen (secondary N) is 1. The summed E-state index contributed by atoms with van der Waals surface area (Å²) in [7, 11) is -3.15. The van der Waals surface area contributed by atoms with Gasteiger partial charge >= 0.3 is 0 Å². The quantitative estimate of drug-likeness (QED) is 0.903. The van der Waals surface area contributed by atoms with Gasteiger partial charge in [0.25, 0.3) is 0 Å². The second-order valence-corrected chi connectivity index (χ2v) is 7.91. The average molecular weight is 308 g/mol. The van der Waals surface area contributed by atoms with Crippen molar-refractivity contribution < 1.29 is 13.3 Å². The molecule has 1 aliphatic heterocycles. The number of aryl methyl sites for hydroxylation is 2. The second kappa shape index (κ2) is 5.42. The highest BCUT2D eigenvalue weighted by Gasteiger charge is 2.36. The lowest BCUT2D eigenvalue weighted by Gasteiger charge is -2.10. The van der Waals surface area contributed by atoms with Crippen LogP contribution in [0.25, 0.3) is 0 Å². The standard InChI is InChI=1S/C15H20N2O3S/c1-10-3-4-12(7-11(10)2)15-8-13(20-17-15)9-16-21(18,19)14-5-6-14/h3-4,7,13-14,16H,5-6,8-9H2,1-2H3. The Hall–Kier alpha value is -1.40. The number of rotatable bonds is 5. The van der Waals surface area contributed by atoms with E-state index in [0.717, 1.165) is 24.1 Å². The van der Waals surface area contributed by atoms with Crippen LogP contribution in [0.15, 0.2) is 23.4 Å². The first-order valence-electron chi connectivity index (χ1n) is 7.24. The summed E-state index contributed by atoms with van der Waals surface area (Å²) in [5, 5.41) is 3.91. The molecule has 1 N–H and O–H groups in total. The van der Waals surface area contributed by atoms with E-state index in [2.05, 4.69) is 35.9 Å². The Bertz CT molecular complexity index is 678. The Labute approximate surface area is 125 Å². The van der Waals surface area contributed by atoms with Crippen molar-refractivity contribution >= 4 is 15.7 Å². The molecule has 3 rings (SSSR count). The molecule has 0 bridgehead atoms. The Kier molecular flexibility index (Phi) is 3.75. The van der Waals surface area contributed by atoms with Crippen molar-refractivity contribution in [3.8, 4) is 0 Å². The molecular weight excluding hydrogens is 288 g/mol. The van der Waals surface area contributed by atoms with E-state index in [1.807, 2.05) is 6.07 Å². The van der Waals surface area contributed by atoms with E-state index < -0.39 is 10.0 Å². The zero-order valence-corrected chi connectivity index (χ0v) is 13.1. The van der Waals surface area contributed by atoms with Crippen molar-refractivity contribution in [1.29, 1.82) is 0 Å². The molecule has 0 amide bonds. The summed E-state index contributed by atoms with van der Waals surface area (Å²) >= 11 is 0. The Morgan fingerprint density at radius 3 is 2.71 bits per heavy atom. The highest BCUT2D eigenvalue weighted by atomic mass is 32.2. The maximum atomic E-state index is 11.8. The first-order valence-corrected chi connectivity index (χ1v) is 8.79. The van der Waals surface area contributed by atoms with Crippen LogP contribution in [0.3, 0.4) is 0 Å². The molecule has 6 heteroatoms. The third kappa shape index (κ3) is 3.27. The predicted molar refractivity (Wildman–Crippen MR) is 81.9 cm³/mol. The van der Waals surface area contributed by atoms with Gasteiger partial charge in [-0.2, -0.15) is 0 Å².